The first-order valence-corrected chi connectivity index (χ1v) is 6.81. The molecule has 3 nitrogen and oxygen atoms in total. The van der Waals surface area contributed by atoms with Gasteiger partial charge in [-0.15, -0.1) is 0 Å². The molecule has 1 aromatic carbocycles. The van der Waals surface area contributed by atoms with Gasteiger partial charge in [0.15, 0.2) is 0 Å². The van der Waals surface area contributed by atoms with Crippen molar-refractivity contribution in [3.05, 3.63) is 29.1 Å². The number of imidazole rings is 1. The molecule has 1 aliphatic rings. The van der Waals surface area contributed by atoms with E-state index in [4.69, 9.17) is 4.98 Å². The number of benzene rings is 1. The summed E-state index contributed by atoms with van der Waals surface area (Å²) in [6, 6.07) is 4.47. The van der Waals surface area contributed by atoms with E-state index in [1.165, 1.54) is 40.8 Å². The molecule has 2 heterocycles. The lowest BCUT2D eigenvalue weighted by molar-refractivity contribution is 0.438. The van der Waals surface area contributed by atoms with E-state index in [0.717, 1.165) is 13.1 Å². The summed E-state index contributed by atoms with van der Waals surface area (Å²) in [5, 5.41) is 3.42. The fourth-order valence-electron chi connectivity index (χ4n) is 3.10. The first-order valence-electron chi connectivity index (χ1n) is 6.81. The van der Waals surface area contributed by atoms with E-state index < -0.39 is 0 Å². The number of aryl methyl sites for hydroxylation is 3. The van der Waals surface area contributed by atoms with Crippen LogP contribution in [-0.4, -0.2) is 22.6 Å². The van der Waals surface area contributed by atoms with Gasteiger partial charge in [0.25, 0.3) is 0 Å². The summed E-state index contributed by atoms with van der Waals surface area (Å²) in [4.78, 5) is 4.91. The van der Waals surface area contributed by atoms with Gasteiger partial charge >= 0.3 is 0 Å². The number of piperidine rings is 1. The molecule has 1 N–H and O–H groups in total. The molecule has 2 aromatic rings. The van der Waals surface area contributed by atoms with Crippen molar-refractivity contribution in [1.29, 1.82) is 0 Å². The Kier molecular flexibility index (Phi) is 2.86. The van der Waals surface area contributed by atoms with Crippen molar-refractivity contribution < 1.29 is 0 Å². The minimum Gasteiger partial charge on any atom is -0.331 e. The predicted octanol–water partition coefficient (Wildman–Crippen LogP) is 2.66. The lowest BCUT2D eigenvalue weighted by Crippen LogP contribution is -2.27. The number of hydrogen-bond donors (Lipinski definition) is 1. The van der Waals surface area contributed by atoms with E-state index in [-0.39, 0.29) is 0 Å². The Morgan fingerprint density at radius 2 is 1.94 bits per heavy atom. The minimum atomic E-state index is 0.614. The zero-order valence-corrected chi connectivity index (χ0v) is 11.5. The molecule has 0 amide bonds. The maximum Gasteiger partial charge on any atom is 0.112 e. The maximum absolute atomic E-state index is 4.91. The van der Waals surface area contributed by atoms with Gasteiger partial charge in [0.1, 0.15) is 5.82 Å². The van der Waals surface area contributed by atoms with Gasteiger partial charge in [0.05, 0.1) is 11.0 Å². The summed E-state index contributed by atoms with van der Waals surface area (Å²) in [5.41, 5.74) is 5.07. The van der Waals surface area contributed by atoms with Crippen LogP contribution < -0.4 is 5.32 Å². The smallest absolute Gasteiger partial charge is 0.112 e. The van der Waals surface area contributed by atoms with Crippen LogP contribution in [-0.2, 0) is 7.05 Å². The van der Waals surface area contributed by atoms with Crippen LogP contribution in [0.2, 0.25) is 0 Å². The van der Waals surface area contributed by atoms with Crippen molar-refractivity contribution in [3.8, 4) is 0 Å². The number of aromatic nitrogens is 2. The average Bonchev–Trinajstić information content (AvgIpc) is 2.69. The molecule has 1 aromatic heterocycles. The number of nitrogens with one attached hydrogen (secondary N) is 1. The van der Waals surface area contributed by atoms with Crippen molar-refractivity contribution in [3.63, 3.8) is 0 Å². The van der Waals surface area contributed by atoms with Crippen LogP contribution in [0.25, 0.3) is 11.0 Å². The Bertz CT molecular complexity index is 577. The summed E-state index contributed by atoms with van der Waals surface area (Å²) < 4.78 is 2.30. The third-order valence-corrected chi connectivity index (χ3v) is 4.06. The van der Waals surface area contributed by atoms with Crippen LogP contribution in [0.15, 0.2) is 12.1 Å². The third-order valence-electron chi connectivity index (χ3n) is 4.06. The minimum absolute atomic E-state index is 0.614. The maximum atomic E-state index is 4.91. The van der Waals surface area contributed by atoms with Crippen molar-refractivity contribution in [2.24, 2.45) is 7.05 Å². The zero-order valence-electron chi connectivity index (χ0n) is 11.5. The molecule has 1 saturated heterocycles. The zero-order chi connectivity index (χ0) is 12.7. The average molecular weight is 243 g/mol. The van der Waals surface area contributed by atoms with Crippen LogP contribution in [0.3, 0.4) is 0 Å². The number of nitrogens with zero attached hydrogens (tertiary/aromatic N) is 2. The topological polar surface area (TPSA) is 29.9 Å². The molecule has 18 heavy (non-hydrogen) atoms. The summed E-state index contributed by atoms with van der Waals surface area (Å²) in [6.45, 7) is 6.55. The lowest BCUT2D eigenvalue weighted by Gasteiger charge is -2.22. The largest absolute Gasteiger partial charge is 0.331 e. The summed E-state index contributed by atoms with van der Waals surface area (Å²) in [7, 11) is 2.16. The predicted molar refractivity (Wildman–Crippen MR) is 75.0 cm³/mol. The molecule has 0 atom stereocenters. The van der Waals surface area contributed by atoms with Crippen molar-refractivity contribution in [2.75, 3.05) is 13.1 Å². The third kappa shape index (κ3) is 1.83. The molecular formula is C15H21N3. The Hall–Kier alpha value is -1.35. The van der Waals surface area contributed by atoms with E-state index in [2.05, 4.69) is 42.9 Å². The second-order valence-corrected chi connectivity index (χ2v) is 5.50. The van der Waals surface area contributed by atoms with Gasteiger partial charge in [-0.3, -0.25) is 0 Å². The van der Waals surface area contributed by atoms with Crippen molar-refractivity contribution in [1.82, 2.24) is 14.9 Å². The molecular weight excluding hydrogens is 222 g/mol. The highest BCUT2D eigenvalue weighted by Crippen LogP contribution is 2.29. The fourth-order valence-corrected chi connectivity index (χ4v) is 3.10. The van der Waals surface area contributed by atoms with E-state index in [1.54, 1.807) is 0 Å². The Balaban J connectivity index is 2.13. The highest BCUT2D eigenvalue weighted by Gasteiger charge is 2.21. The molecule has 3 rings (SSSR count). The molecule has 0 spiro atoms. The molecule has 96 valence electrons. The summed E-state index contributed by atoms with van der Waals surface area (Å²) in [6.07, 6.45) is 2.41. The number of hydrogen-bond acceptors (Lipinski definition) is 2. The Labute approximate surface area is 108 Å². The number of fused-ring (bicyclic) bond motifs is 1. The summed E-state index contributed by atoms with van der Waals surface area (Å²) >= 11 is 0. The fraction of sp³-hybridized carbons (Fsp3) is 0.533. The Morgan fingerprint density at radius 1 is 1.22 bits per heavy atom. The van der Waals surface area contributed by atoms with Gasteiger partial charge < -0.3 is 9.88 Å². The van der Waals surface area contributed by atoms with Crippen LogP contribution in [0.5, 0.6) is 0 Å². The van der Waals surface area contributed by atoms with Gasteiger partial charge in [-0.1, -0.05) is 6.07 Å². The van der Waals surface area contributed by atoms with Gasteiger partial charge in [0.2, 0.25) is 0 Å². The van der Waals surface area contributed by atoms with Gasteiger partial charge in [-0.25, -0.2) is 4.98 Å². The quantitative estimate of drug-likeness (QED) is 0.834. The molecule has 0 aliphatic carbocycles. The number of rotatable bonds is 1. The van der Waals surface area contributed by atoms with Crippen LogP contribution in [0.1, 0.15) is 35.7 Å². The highest BCUT2D eigenvalue weighted by atomic mass is 15.1. The Morgan fingerprint density at radius 3 is 2.67 bits per heavy atom. The van der Waals surface area contributed by atoms with E-state index in [0.29, 0.717) is 5.92 Å². The first-order chi connectivity index (χ1) is 8.66. The molecule has 0 radical (unpaired) electrons. The SMILES string of the molecule is Cc1cc(C)c2nc(C3CCNCC3)n(C)c2c1. The molecule has 0 saturated carbocycles. The van der Waals surface area contributed by atoms with Crippen molar-refractivity contribution in [2.45, 2.75) is 32.6 Å². The van der Waals surface area contributed by atoms with E-state index in [1.807, 2.05) is 0 Å². The van der Waals surface area contributed by atoms with Crippen LogP contribution >= 0.6 is 0 Å². The standard InChI is InChI=1S/C15H21N3/c1-10-8-11(2)14-13(9-10)18(3)15(17-14)12-4-6-16-7-5-12/h8-9,12,16H,4-7H2,1-3H3. The molecule has 3 heteroatoms. The van der Waals surface area contributed by atoms with Gasteiger partial charge in [0, 0.05) is 13.0 Å². The van der Waals surface area contributed by atoms with Crippen LogP contribution in [0.4, 0.5) is 0 Å². The summed E-state index contributed by atoms with van der Waals surface area (Å²) in [5.74, 6) is 1.88. The molecule has 0 unspecified atom stereocenters. The monoisotopic (exact) mass is 243 g/mol. The van der Waals surface area contributed by atoms with E-state index >= 15 is 0 Å². The van der Waals surface area contributed by atoms with Crippen molar-refractivity contribution >= 4 is 11.0 Å². The van der Waals surface area contributed by atoms with E-state index in [9.17, 15) is 0 Å². The molecule has 1 aliphatic heterocycles. The first kappa shape index (κ1) is 11.7. The van der Waals surface area contributed by atoms with Crippen LogP contribution in [0, 0.1) is 13.8 Å². The molecule has 1 fully saturated rings. The lowest BCUT2D eigenvalue weighted by atomic mass is 9.97. The second kappa shape index (κ2) is 4.39. The second-order valence-electron chi connectivity index (χ2n) is 5.50. The molecule has 0 bridgehead atoms. The van der Waals surface area contributed by atoms with Gasteiger partial charge in [-0.2, -0.15) is 0 Å². The normalized spacial score (nSPS) is 17.5. The van der Waals surface area contributed by atoms with Gasteiger partial charge in [-0.05, 0) is 57.0 Å². The highest BCUT2D eigenvalue weighted by molar-refractivity contribution is 5.80.